The summed E-state index contributed by atoms with van der Waals surface area (Å²) in [5.41, 5.74) is 3.50. The summed E-state index contributed by atoms with van der Waals surface area (Å²) in [5, 5.41) is 0. The van der Waals surface area contributed by atoms with Gasteiger partial charge in [-0.15, -0.1) is 48.0 Å². The number of hydrogen-bond acceptors (Lipinski definition) is 2. The second-order valence-corrected chi connectivity index (χ2v) is 6.40. The Labute approximate surface area is 199 Å². The van der Waals surface area contributed by atoms with Crippen molar-refractivity contribution in [3.05, 3.63) is 42.5 Å². The van der Waals surface area contributed by atoms with Crippen LogP contribution in [0.3, 0.4) is 0 Å². The van der Waals surface area contributed by atoms with Crippen molar-refractivity contribution in [2.75, 3.05) is 18.0 Å². The lowest BCUT2D eigenvalue weighted by Gasteiger charge is -2.23. The van der Waals surface area contributed by atoms with Crippen LogP contribution in [-0.4, -0.2) is 18.1 Å². The number of fused-ring (bicyclic) bond motifs is 2. The molecule has 0 amide bonds. The van der Waals surface area contributed by atoms with Crippen LogP contribution in [0.4, 0.5) is 5.69 Å². The van der Waals surface area contributed by atoms with Gasteiger partial charge in [0.25, 0.3) is 9.40 Å². The van der Waals surface area contributed by atoms with Crippen molar-refractivity contribution in [1.29, 1.82) is 0 Å². The molecule has 0 N–H and O–H groups in total. The maximum Gasteiger partial charge on any atom is 0.259 e. The molecule has 3 rings (SSSR count). The van der Waals surface area contributed by atoms with Crippen LogP contribution < -0.4 is 28.9 Å². The van der Waals surface area contributed by atoms with E-state index in [2.05, 4.69) is 55.1 Å². The molecule has 24 heavy (non-hydrogen) atoms. The van der Waals surface area contributed by atoms with Crippen molar-refractivity contribution in [1.82, 2.24) is 4.98 Å². The van der Waals surface area contributed by atoms with E-state index in [1.54, 1.807) is 0 Å². The third kappa shape index (κ3) is 5.73. The molecule has 6 heteroatoms. The number of rotatable bonds is 5. The SMILES string of the molecule is CCCN(CCC)c1ccc2nc3ccccc3[s+]c2c1.I.I.[I-]. The Hall–Kier alpha value is 0.450. The van der Waals surface area contributed by atoms with Crippen molar-refractivity contribution in [3.63, 3.8) is 0 Å². The summed E-state index contributed by atoms with van der Waals surface area (Å²) >= 11 is 1.83. The number of aromatic nitrogens is 1. The molecule has 0 unspecified atom stereocenters. The minimum absolute atomic E-state index is 0. The zero-order chi connectivity index (χ0) is 14.7. The molecular weight excluding hydrogens is 657 g/mol. The monoisotopic (exact) mass is 680 g/mol. The lowest BCUT2D eigenvalue weighted by Crippen LogP contribution is -3.00. The molecule has 1 heterocycles. The van der Waals surface area contributed by atoms with Gasteiger partial charge in [0.15, 0.2) is 0 Å². The van der Waals surface area contributed by atoms with Gasteiger partial charge in [-0.1, -0.05) is 26.0 Å². The largest absolute Gasteiger partial charge is 1.00 e. The summed E-state index contributed by atoms with van der Waals surface area (Å²) in [4.78, 5) is 7.24. The normalized spacial score (nSPS) is 9.75. The van der Waals surface area contributed by atoms with Gasteiger partial charge in [0.2, 0.25) is 11.3 Å². The van der Waals surface area contributed by atoms with Crippen LogP contribution in [0.2, 0.25) is 0 Å². The highest BCUT2D eigenvalue weighted by molar-refractivity contribution is 14.0. The molecule has 1 aromatic heterocycles. The third-order valence-electron chi connectivity index (χ3n) is 3.62. The average molecular weight is 680 g/mol. The number of nitrogens with zero attached hydrogens (tertiary/aromatic N) is 2. The van der Waals surface area contributed by atoms with Gasteiger partial charge in [0.05, 0.1) is 0 Å². The van der Waals surface area contributed by atoms with E-state index in [0.717, 1.165) is 24.1 Å². The summed E-state index contributed by atoms with van der Waals surface area (Å²) in [6, 6.07) is 15.0. The van der Waals surface area contributed by atoms with Crippen molar-refractivity contribution in [3.8, 4) is 0 Å². The zero-order valence-electron chi connectivity index (χ0n) is 13.9. The van der Waals surface area contributed by atoms with Crippen LogP contribution in [0.1, 0.15) is 26.7 Å². The van der Waals surface area contributed by atoms with E-state index in [4.69, 9.17) is 4.98 Å². The van der Waals surface area contributed by atoms with Crippen molar-refractivity contribution >= 4 is 85.4 Å². The van der Waals surface area contributed by atoms with Gasteiger partial charge in [-0.2, -0.15) is 0 Å². The molecule has 132 valence electrons. The van der Waals surface area contributed by atoms with E-state index in [1.165, 1.54) is 27.9 Å². The van der Waals surface area contributed by atoms with E-state index >= 15 is 0 Å². The number of para-hydroxylation sites is 1. The zero-order valence-corrected chi connectivity index (χ0v) is 21.5. The van der Waals surface area contributed by atoms with Gasteiger partial charge in [-0.05, 0) is 31.0 Å². The first-order valence-corrected chi connectivity index (χ1v) is 8.51. The molecule has 3 aromatic rings. The molecular formula is C18H23I3N2S. The molecule has 0 saturated heterocycles. The maximum atomic E-state index is 4.76. The highest BCUT2D eigenvalue weighted by atomic mass is 127. The lowest BCUT2D eigenvalue weighted by atomic mass is 10.2. The minimum atomic E-state index is 0. The summed E-state index contributed by atoms with van der Waals surface area (Å²) in [6.07, 6.45) is 2.36. The molecule has 0 aliphatic rings. The van der Waals surface area contributed by atoms with E-state index in [0.29, 0.717) is 0 Å². The summed E-state index contributed by atoms with van der Waals surface area (Å²) in [7, 11) is 0. The van der Waals surface area contributed by atoms with Gasteiger partial charge in [0, 0.05) is 30.9 Å². The molecule has 2 nitrogen and oxygen atoms in total. The first-order chi connectivity index (χ1) is 10.3. The van der Waals surface area contributed by atoms with Crippen LogP contribution >= 0.6 is 59.3 Å². The predicted molar refractivity (Wildman–Crippen MR) is 125 cm³/mol. The highest BCUT2D eigenvalue weighted by Gasteiger charge is 2.14. The van der Waals surface area contributed by atoms with Gasteiger partial charge >= 0.3 is 0 Å². The maximum absolute atomic E-state index is 4.76. The van der Waals surface area contributed by atoms with E-state index in [-0.39, 0.29) is 71.9 Å². The summed E-state index contributed by atoms with van der Waals surface area (Å²) in [6.45, 7) is 6.71. The Morgan fingerprint density at radius 3 is 2.17 bits per heavy atom. The minimum Gasteiger partial charge on any atom is -1.00 e. The summed E-state index contributed by atoms with van der Waals surface area (Å²) in [5.74, 6) is 0. The fourth-order valence-corrected chi connectivity index (χ4v) is 3.67. The van der Waals surface area contributed by atoms with Crippen LogP contribution in [-0.2, 0) is 0 Å². The Bertz CT molecular complexity index is 761. The fourth-order valence-electron chi connectivity index (χ4n) is 2.67. The van der Waals surface area contributed by atoms with Crippen LogP contribution in [0, 0.1) is 0 Å². The van der Waals surface area contributed by atoms with Gasteiger partial charge in [-0.25, -0.2) is 4.98 Å². The average Bonchev–Trinajstić information content (AvgIpc) is 2.52. The Balaban J connectivity index is 0.00000176. The first kappa shape index (κ1) is 24.5. The quantitative estimate of drug-likeness (QED) is 0.233. The van der Waals surface area contributed by atoms with Gasteiger partial charge < -0.3 is 28.9 Å². The van der Waals surface area contributed by atoms with Crippen molar-refractivity contribution in [2.24, 2.45) is 0 Å². The number of hydrogen-bond donors (Lipinski definition) is 0. The molecule has 0 bridgehead atoms. The van der Waals surface area contributed by atoms with E-state index < -0.39 is 0 Å². The highest BCUT2D eigenvalue weighted by Crippen LogP contribution is 2.29. The van der Waals surface area contributed by atoms with Crippen molar-refractivity contribution < 1.29 is 24.0 Å². The van der Waals surface area contributed by atoms with E-state index in [1.807, 2.05) is 17.4 Å². The van der Waals surface area contributed by atoms with Gasteiger partial charge in [0.1, 0.15) is 11.0 Å². The van der Waals surface area contributed by atoms with Gasteiger partial charge in [-0.3, -0.25) is 0 Å². The first-order valence-electron chi connectivity index (χ1n) is 7.69. The molecule has 2 aromatic carbocycles. The standard InChI is InChI=1S/C18H21N2S.3HI/c1-3-11-20(12-4-2)14-9-10-16-18(13-14)21-17-8-6-5-7-15(17)19-16;;;/h5-10,13H,3-4,11-12H2,1-2H3;3*1H/q+1;;;/p-1. The number of halogens is 3. The smallest absolute Gasteiger partial charge is 0.259 e. The van der Waals surface area contributed by atoms with E-state index in [9.17, 15) is 0 Å². The molecule has 0 atom stereocenters. The molecule has 0 aliphatic carbocycles. The molecule has 0 radical (unpaired) electrons. The third-order valence-corrected chi connectivity index (χ3v) is 4.73. The molecule has 0 saturated carbocycles. The van der Waals surface area contributed by atoms with Crippen molar-refractivity contribution in [2.45, 2.75) is 26.7 Å². The summed E-state index contributed by atoms with van der Waals surface area (Å²) < 4.78 is 2.52. The molecule has 0 fully saturated rings. The Morgan fingerprint density at radius 1 is 0.875 bits per heavy atom. The topological polar surface area (TPSA) is 16.1 Å². The van der Waals surface area contributed by atoms with Crippen LogP contribution in [0.5, 0.6) is 0 Å². The Kier molecular flexibility index (Phi) is 12.2. The second-order valence-electron chi connectivity index (χ2n) is 5.32. The lowest BCUT2D eigenvalue weighted by molar-refractivity contribution is -0.00000437. The second kappa shape index (κ2) is 11.9. The van der Waals surface area contributed by atoms with Crippen LogP contribution in [0.25, 0.3) is 20.4 Å². The van der Waals surface area contributed by atoms with Crippen LogP contribution in [0.15, 0.2) is 42.5 Å². The number of anilines is 1. The molecule has 0 aliphatic heterocycles. The Morgan fingerprint density at radius 2 is 1.50 bits per heavy atom. The predicted octanol–water partition coefficient (Wildman–Crippen LogP) is 3.60. The molecule has 0 spiro atoms. The fraction of sp³-hybridized carbons (Fsp3) is 0.333. The number of benzene rings is 2.